The molecule has 7 rings (SSSR count). The number of thiophene rings is 1. The van der Waals surface area contributed by atoms with Gasteiger partial charge in [-0.25, -0.2) is 19.3 Å². The van der Waals surface area contributed by atoms with Crippen LogP contribution in [0.4, 0.5) is 15.2 Å². The molecular formula is C30H19FN4O2S2. The fourth-order valence-corrected chi connectivity index (χ4v) is 6.51. The summed E-state index contributed by atoms with van der Waals surface area (Å²) in [5.41, 5.74) is 4.72. The molecule has 4 heterocycles. The van der Waals surface area contributed by atoms with Gasteiger partial charge < -0.3 is 0 Å². The minimum Gasteiger partial charge on any atom is -0.268 e. The zero-order chi connectivity index (χ0) is 26.5. The lowest BCUT2D eigenvalue weighted by Gasteiger charge is -2.21. The van der Waals surface area contributed by atoms with Gasteiger partial charge in [0.05, 0.1) is 39.1 Å². The third kappa shape index (κ3) is 4.07. The number of carbonyl (C=O) groups is 2. The Morgan fingerprint density at radius 2 is 1.62 bits per heavy atom. The number of rotatable bonds is 5. The smallest absolute Gasteiger partial charge is 0.266 e. The number of nitrogens with zero attached hydrogens (tertiary/aromatic N) is 4. The molecule has 0 saturated heterocycles. The molecule has 1 atom stereocenters. The van der Waals surface area contributed by atoms with E-state index in [2.05, 4.69) is 0 Å². The van der Waals surface area contributed by atoms with Crippen LogP contribution in [0, 0.1) is 5.82 Å². The van der Waals surface area contributed by atoms with Crippen molar-refractivity contribution >= 4 is 51.0 Å². The van der Waals surface area contributed by atoms with Crippen molar-refractivity contribution in [3.63, 3.8) is 0 Å². The van der Waals surface area contributed by atoms with Gasteiger partial charge in [-0.05, 0) is 53.4 Å². The summed E-state index contributed by atoms with van der Waals surface area (Å²) in [6, 6.07) is 24.6. The standard InChI is InChI=1S/C30H19FN4O2S2/c31-20-12-10-18(11-13-20)26-16-24(27-9-4-14-38-27)33-35(26)30-32-25(17-39-30)19-5-3-6-21(15-19)34-28(36)22-7-1-2-8-23(22)29(34)37/h1-15,17,26H,16H2. The summed E-state index contributed by atoms with van der Waals surface area (Å²) in [4.78, 5) is 33.2. The van der Waals surface area contributed by atoms with E-state index in [1.807, 2.05) is 46.1 Å². The summed E-state index contributed by atoms with van der Waals surface area (Å²) < 4.78 is 13.7. The van der Waals surface area contributed by atoms with Crippen LogP contribution < -0.4 is 9.91 Å². The molecule has 190 valence electrons. The van der Waals surface area contributed by atoms with E-state index in [9.17, 15) is 14.0 Å². The van der Waals surface area contributed by atoms with Gasteiger partial charge in [-0.15, -0.1) is 22.7 Å². The second-order valence-corrected chi connectivity index (χ2v) is 11.0. The summed E-state index contributed by atoms with van der Waals surface area (Å²) in [5.74, 6) is -0.945. The number of hydrogen-bond donors (Lipinski definition) is 0. The van der Waals surface area contributed by atoms with Gasteiger partial charge in [-0.3, -0.25) is 9.59 Å². The first-order valence-electron chi connectivity index (χ1n) is 12.3. The van der Waals surface area contributed by atoms with Gasteiger partial charge in [0.15, 0.2) is 0 Å². The highest BCUT2D eigenvalue weighted by Crippen LogP contribution is 2.40. The second kappa shape index (κ2) is 9.37. The molecule has 5 aromatic rings. The van der Waals surface area contributed by atoms with Crippen molar-refractivity contribution in [1.29, 1.82) is 0 Å². The van der Waals surface area contributed by atoms with Crippen LogP contribution in [0.3, 0.4) is 0 Å². The second-order valence-electron chi connectivity index (χ2n) is 9.20. The summed E-state index contributed by atoms with van der Waals surface area (Å²) in [6.07, 6.45) is 0.677. The maximum atomic E-state index is 13.7. The number of halogens is 1. The van der Waals surface area contributed by atoms with Crippen molar-refractivity contribution < 1.29 is 14.0 Å². The van der Waals surface area contributed by atoms with Crippen molar-refractivity contribution in [2.45, 2.75) is 12.5 Å². The molecule has 0 bridgehead atoms. The van der Waals surface area contributed by atoms with Gasteiger partial charge in [0.1, 0.15) is 5.82 Å². The first-order valence-corrected chi connectivity index (χ1v) is 14.0. The van der Waals surface area contributed by atoms with Crippen LogP contribution in [0.1, 0.15) is 43.6 Å². The number of hydrogen-bond acceptors (Lipinski definition) is 7. The number of fused-ring (bicyclic) bond motifs is 1. The first-order chi connectivity index (χ1) is 19.1. The largest absolute Gasteiger partial charge is 0.268 e. The van der Waals surface area contributed by atoms with Gasteiger partial charge >= 0.3 is 0 Å². The van der Waals surface area contributed by atoms with Crippen LogP contribution in [0.15, 0.2) is 101 Å². The van der Waals surface area contributed by atoms with E-state index in [1.54, 1.807) is 53.8 Å². The third-order valence-corrected chi connectivity index (χ3v) is 8.60. The third-order valence-electron chi connectivity index (χ3n) is 6.85. The molecule has 1 unspecified atom stereocenters. The zero-order valence-electron chi connectivity index (χ0n) is 20.3. The number of benzene rings is 3. The van der Waals surface area contributed by atoms with Gasteiger partial charge in [-0.1, -0.05) is 42.5 Å². The number of anilines is 2. The highest BCUT2D eigenvalue weighted by atomic mass is 32.1. The molecule has 0 aliphatic carbocycles. The van der Waals surface area contributed by atoms with Crippen molar-refractivity contribution in [1.82, 2.24) is 4.98 Å². The van der Waals surface area contributed by atoms with Crippen LogP contribution in [0.25, 0.3) is 11.3 Å². The van der Waals surface area contributed by atoms with E-state index in [0.29, 0.717) is 34.1 Å². The maximum Gasteiger partial charge on any atom is 0.266 e. The molecule has 9 heteroatoms. The Morgan fingerprint density at radius 3 is 2.33 bits per heavy atom. The Bertz CT molecular complexity index is 1730. The lowest BCUT2D eigenvalue weighted by atomic mass is 10.0. The molecule has 2 aliphatic rings. The molecular weight excluding hydrogens is 531 g/mol. The molecule has 39 heavy (non-hydrogen) atoms. The fourth-order valence-electron chi connectivity index (χ4n) is 4.95. The van der Waals surface area contributed by atoms with Crippen molar-refractivity contribution in [2.75, 3.05) is 9.91 Å². The molecule has 0 fully saturated rings. The van der Waals surface area contributed by atoms with Crippen LogP contribution in [0.2, 0.25) is 0 Å². The predicted molar refractivity (Wildman–Crippen MR) is 152 cm³/mol. The highest BCUT2D eigenvalue weighted by molar-refractivity contribution is 7.14. The summed E-state index contributed by atoms with van der Waals surface area (Å²) >= 11 is 3.10. The molecule has 2 amide bonds. The van der Waals surface area contributed by atoms with Gasteiger partial charge in [0.2, 0.25) is 5.13 Å². The molecule has 3 aromatic carbocycles. The monoisotopic (exact) mass is 550 g/mol. The molecule has 0 spiro atoms. The van der Waals surface area contributed by atoms with Gasteiger partial charge in [0.25, 0.3) is 11.8 Å². The van der Waals surface area contributed by atoms with Crippen LogP contribution in [-0.4, -0.2) is 22.5 Å². The topological polar surface area (TPSA) is 65.9 Å². The van der Waals surface area contributed by atoms with E-state index < -0.39 is 0 Å². The molecule has 2 aromatic heterocycles. The number of aromatic nitrogens is 1. The Balaban J connectivity index is 1.22. The number of hydrazone groups is 1. The summed E-state index contributed by atoms with van der Waals surface area (Å²) in [5, 5.41) is 11.5. The Labute approximate surface area is 231 Å². The number of carbonyl (C=O) groups excluding carboxylic acids is 2. The zero-order valence-corrected chi connectivity index (χ0v) is 22.0. The fraction of sp³-hybridized carbons (Fsp3) is 0.0667. The van der Waals surface area contributed by atoms with Crippen LogP contribution >= 0.6 is 22.7 Å². The number of amides is 2. The lowest BCUT2D eigenvalue weighted by molar-refractivity contribution is 0.0926. The minimum atomic E-state index is -0.332. The van der Waals surface area contributed by atoms with E-state index in [4.69, 9.17) is 10.1 Å². The maximum absolute atomic E-state index is 13.7. The SMILES string of the molecule is O=C1c2ccccc2C(=O)N1c1cccc(-c2csc(N3N=C(c4cccs4)CC3c3ccc(F)cc3)n2)c1. The molecule has 0 radical (unpaired) electrons. The lowest BCUT2D eigenvalue weighted by Crippen LogP contribution is -2.29. The van der Waals surface area contributed by atoms with Crippen LogP contribution in [-0.2, 0) is 0 Å². The van der Waals surface area contributed by atoms with E-state index in [0.717, 1.165) is 21.7 Å². The number of thiazole rings is 1. The predicted octanol–water partition coefficient (Wildman–Crippen LogP) is 7.17. The molecule has 0 saturated carbocycles. The Hall–Kier alpha value is -4.47. The minimum absolute atomic E-state index is 0.119. The van der Waals surface area contributed by atoms with E-state index in [1.165, 1.54) is 28.4 Å². The molecule has 6 nitrogen and oxygen atoms in total. The molecule has 2 aliphatic heterocycles. The summed E-state index contributed by atoms with van der Waals surface area (Å²) in [6.45, 7) is 0. The van der Waals surface area contributed by atoms with Crippen molar-refractivity contribution in [3.8, 4) is 11.3 Å². The Kier molecular flexibility index (Phi) is 5.68. The quantitative estimate of drug-likeness (QED) is 0.218. The van der Waals surface area contributed by atoms with E-state index in [-0.39, 0.29) is 23.7 Å². The van der Waals surface area contributed by atoms with Crippen molar-refractivity contribution in [2.24, 2.45) is 5.10 Å². The normalized spacial score (nSPS) is 16.6. The molecule has 0 N–H and O–H groups in total. The van der Waals surface area contributed by atoms with Gasteiger partial charge in [0, 0.05) is 17.4 Å². The number of imide groups is 1. The Morgan fingerprint density at radius 1 is 0.846 bits per heavy atom. The first kappa shape index (κ1) is 23.6. The van der Waals surface area contributed by atoms with Crippen molar-refractivity contribution in [3.05, 3.63) is 123 Å². The average molecular weight is 551 g/mol. The van der Waals surface area contributed by atoms with E-state index >= 15 is 0 Å². The summed E-state index contributed by atoms with van der Waals surface area (Å²) in [7, 11) is 0. The van der Waals surface area contributed by atoms with Crippen LogP contribution in [0.5, 0.6) is 0 Å². The highest BCUT2D eigenvalue weighted by Gasteiger charge is 2.36. The average Bonchev–Trinajstić information content (AvgIpc) is 3.76. The van der Waals surface area contributed by atoms with Gasteiger partial charge in [-0.2, -0.15) is 5.10 Å².